The lowest BCUT2D eigenvalue weighted by molar-refractivity contribution is 0.209. The molecule has 0 bridgehead atoms. The van der Waals surface area contributed by atoms with E-state index in [2.05, 4.69) is 6.07 Å². The van der Waals surface area contributed by atoms with Gasteiger partial charge in [0.1, 0.15) is 5.75 Å². The van der Waals surface area contributed by atoms with Gasteiger partial charge >= 0.3 is 0 Å². The number of hydrogen-bond acceptors (Lipinski definition) is 2. The van der Waals surface area contributed by atoms with Crippen LogP contribution in [0, 0.1) is 12.8 Å². The molecule has 0 aliphatic heterocycles. The van der Waals surface area contributed by atoms with Crippen LogP contribution >= 0.6 is 0 Å². The van der Waals surface area contributed by atoms with Crippen LogP contribution in [0.15, 0.2) is 18.2 Å². The monoisotopic (exact) mass is 219 g/mol. The van der Waals surface area contributed by atoms with E-state index in [1.807, 2.05) is 19.1 Å². The maximum absolute atomic E-state index is 5.83. The lowest BCUT2D eigenvalue weighted by Gasteiger charge is -2.21. The van der Waals surface area contributed by atoms with Gasteiger partial charge in [0.25, 0.3) is 0 Å². The Balaban J connectivity index is 1.88. The summed E-state index contributed by atoms with van der Waals surface area (Å²) in [6.45, 7) is 2.90. The average Bonchev–Trinajstić information content (AvgIpc) is 2.27. The van der Waals surface area contributed by atoms with Crippen LogP contribution in [0.5, 0.6) is 5.75 Å². The molecule has 0 spiro atoms. The van der Waals surface area contributed by atoms with Crippen LogP contribution in [0.3, 0.4) is 0 Å². The molecule has 88 valence electrons. The Morgan fingerprint density at radius 2 is 1.94 bits per heavy atom. The fourth-order valence-electron chi connectivity index (χ4n) is 2.43. The van der Waals surface area contributed by atoms with Crippen molar-refractivity contribution in [3.05, 3.63) is 23.8 Å². The third kappa shape index (κ3) is 3.16. The molecule has 0 heterocycles. The van der Waals surface area contributed by atoms with Gasteiger partial charge in [-0.25, -0.2) is 0 Å². The van der Waals surface area contributed by atoms with E-state index in [9.17, 15) is 0 Å². The van der Waals surface area contributed by atoms with Crippen LogP contribution in [0.1, 0.15) is 37.7 Å². The Bertz CT molecular complexity index is 322. The number of nitrogen functional groups attached to an aromatic ring is 1. The Morgan fingerprint density at radius 1 is 1.19 bits per heavy atom. The van der Waals surface area contributed by atoms with E-state index in [1.54, 1.807) is 0 Å². The van der Waals surface area contributed by atoms with Crippen LogP contribution in [0.2, 0.25) is 0 Å². The van der Waals surface area contributed by atoms with Gasteiger partial charge in [0.15, 0.2) is 0 Å². The molecule has 1 aliphatic carbocycles. The first-order valence-electron chi connectivity index (χ1n) is 6.24. The minimum atomic E-state index is 0.746. The van der Waals surface area contributed by atoms with Crippen molar-refractivity contribution >= 4 is 5.69 Å². The largest absolute Gasteiger partial charge is 0.493 e. The zero-order valence-corrected chi connectivity index (χ0v) is 10.0. The Morgan fingerprint density at radius 3 is 2.62 bits per heavy atom. The summed E-state index contributed by atoms with van der Waals surface area (Å²) in [6.07, 6.45) is 6.77. The third-order valence-electron chi connectivity index (χ3n) is 3.28. The summed E-state index contributed by atoms with van der Waals surface area (Å²) in [6, 6.07) is 5.93. The minimum absolute atomic E-state index is 0.746. The van der Waals surface area contributed by atoms with Gasteiger partial charge in [-0.1, -0.05) is 19.3 Å². The molecule has 2 rings (SSSR count). The van der Waals surface area contributed by atoms with E-state index in [1.165, 1.54) is 37.7 Å². The minimum Gasteiger partial charge on any atom is -0.493 e. The average molecular weight is 219 g/mol. The molecule has 1 aromatic rings. The van der Waals surface area contributed by atoms with Crippen molar-refractivity contribution in [1.82, 2.24) is 0 Å². The SMILES string of the molecule is Cc1cc(N)cc(OCC2CCCCC2)c1. The molecule has 0 radical (unpaired) electrons. The molecule has 0 amide bonds. The molecule has 1 saturated carbocycles. The molecule has 1 aliphatic rings. The maximum atomic E-state index is 5.83. The highest BCUT2D eigenvalue weighted by Gasteiger charge is 2.13. The molecule has 0 unspecified atom stereocenters. The molecule has 0 saturated heterocycles. The van der Waals surface area contributed by atoms with Gasteiger partial charge in [-0.15, -0.1) is 0 Å². The predicted octanol–water partition coefficient (Wildman–Crippen LogP) is 3.54. The Kier molecular flexibility index (Phi) is 3.70. The molecule has 0 aromatic heterocycles. The van der Waals surface area contributed by atoms with Gasteiger partial charge < -0.3 is 10.5 Å². The van der Waals surface area contributed by atoms with Crippen molar-refractivity contribution in [3.8, 4) is 5.75 Å². The smallest absolute Gasteiger partial charge is 0.121 e. The number of hydrogen-bond donors (Lipinski definition) is 1. The Hall–Kier alpha value is -1.18. The van der Waals surface area contributed by atoms with Crippen molar-refractivity contribution < 1.29 is 4.74 Å². The first-order chi connectivity index (χ1) is 7.74. The molecule has 2 nitrogen and oxygen atoms in total. The van der Waals surface area contributed by atoms with Crippen LogP contribution in [-0.2, 0) is 0 Å². The standard InChI is InChI=1S/C14H21NO/c1-11-7-13(15)9-14(8-11)16-10-12-5-3-2-4-6-12/h7-9,12H,2-6,10,15H2,1H3. The molecule has 2 heteroatoms. The second kappa shape index (κ2) is 5.24. The topological polar surface area (TPSA) is 35.2 Å². The van der Waals surface area contributed by atoms with E-state index in [0.717, 1.165) is 24.0 Å². The Labute approximate surface area is 97.8 Å². The number of ether oxygens (including phenoxy) is 1. The fraction of sp³-hybridized carbons (Fsp3) is 0.571. The predicted molar refractivity (Wildman–Crippen MR) is 67.7 cm³/mol. The highest BCUT2D eigenvalue weighted by atomic mass is 16.5. The first-order valence-corrected chi connectivity index (χ1v) is 6.24. The van der Waals surface area contributed by atoms with E-state index in [0.29, 0.717) is 0 Å². The maximum Gasteiger partial charge on any atom is 0.121 e. The van der Waals surface area contributed by atoms with Crippen molar-refractivity contribution in [1.29, 1.82) is 0 Å². The lowest BCUT2D eigenvalue weighted by atomic mass is 9.90. The molecule has 0 atom stereocenters. The van der Waals surface area contributed by atoms with Gasteiger partial charge in [0, 0.05) is 11.8 Å². The molecule has 16 heavy (non-hydrogen) atoms. The van der Waals surface area contributed by atoms with E-state index >= 15 is 0 Å². The number of benzene rings is 1. The molecule has 1 fully saturated rings. The van der Waals surface area contributed by atoms with E-state index < -0.39 is 0 Å². The van der Waals surface area contributed by atoms with Crippen molar-refractivity contribution in [2.75, 3.05) is 12.3 Å². The normalized spacial score (nSPS) is 17.3. The number of rotatable bonds is 3. The molecule has 2 N–H and O–H groups in total. The molecule has 1 aromatic carbocycles. The zero-order chi connectivity index (χ0) is 11.4. The van der Waals surface area contributed by atoms with E-state index in [-0.39, 0.29) is 0 Å². The first kappa shape index (κ1) is 11.3. The van der Waals surface area contributed by atoms with Crippen LogP contribution < -0.4 is 10.5 Å². The number of nitrogens with two attached hydrogens (primary N) is 1. The highest BCUT2D eigenvalue weighted by molar-refractivity contribution is 5.47. The summed E-state index contributed by atoms with van der Waals surface area (Å²) in [5, 5.41) is 0. The zero-order valence-electron chi connectivity index (χ0n) is 10.0. The van der Waals surface area contributed by atoms with Crippen molar-refractivity contribution in [3.63, 3.8) is 0 Å². The molecular formula is C14H21NO. The fourth-order valence-corrected chi connectivity index (χ4v) is 2.43. The summed E-state index contributed by atoms with van der Waals surface area (Å²) in [7, 11) is 0. The second-order valence-electron chi connectivity index (χ2n) is 4.89. The van der Waals surface area contributed by atoms with Gasteiger partial charge in [-0.3, -0.25) is 0 Å². The summed E-state index contributed by atoms with van der Waals surface area (Å²) in [5.74, 6) is 1.67. The van der Waals surface area contributed by atoms with Crippen LogP contribution in [-0.4, -0.2) is 6.61 Å². The lowest BCUT2D eigenvalue weighted by Crippen LogP contribution is -2.15. The van der Waals surface area contributed by atoms with Gasteiger partial charge in [0.05, 0.1) is 6.61 Å². The van der Waals surface area contributed by atoms with E-state index in [4.69, 9.17) is 10.5 Å². The van der Waals surface area contributed by atoms with Gasteiger partial charge in [-0.2, -0.15) is 0 Å². The molecular weight excluding hydrogens is 198 g/mol. The summed E-state index contributed by atoms with van der Waals surface area (Å²) in [5.41, 5.74) is 7.74. The third-order valence-corrected chi connectivity index (χ3v) is 3.28. The summed E-state index contributed by atoms with van der Waals surface area (Å²) < 4.78 is 5.83. The highest BCUT2D eigenvalue weighted by Crippen LogP contribution is 2.25. The van der Waals surface area contributed by atoms with Crippen LogP contribution in [0.4, 0.5) is 5.69 Å². The number of anilines is 1. The van der Waals surface area contributed by atoms with Crippen LogP contribution in [0.25, 0.3) is 0 Å². The summed E-state index contributed by atoms with van der Waals surface area (Å²) in [4.78, 5) is 0. The number of aryl methyl sites for hydroxylation is 1. The quantitative estimate of drug-likeness (QED) is 0.789. The van der Waals surface area contributed by atoms with Crippen molar-refractivity contribution in [2.45, 2.75) is 39.0 Å². The van der Waals surface area contributed by atoms with Gasteiger partial charge in [-0.05, 0) is 43.4 Å². The second-order valence-corrected chi connectivity index (χ2v) is 4.89. The van der Waals surface area contributed by atoms with Crippen molar-refractivity contribution in [2.24, 2.45) is 5.92 Å². The van der Waals surface area contributed by atoms with Gasteiger partial charge in [0.2, 0.25) is 0 Å². The summed E-state index contributed by atoms with van der Waals surface area (Å²) >= 11 is 0.